The second-order valence-electron chi connectivity index (χ2n) is 5.65. The molecule has 2 aliphatic carbocycles. The van der Waals surface area contributed by atoms with Gasteiger partial charge < -0.3 is 4.52 Å². The Bertz CT molecular complexity index is 645. The summed E-state index contributed by atoms with van der Waals surface area (Å²) in [6.45, 7) is 2.04. The summed E-state index contributed by atoms with van der Waals surface area (Å²) in [7, 11) is 0. The summed E-state index contributed by atoms with van der Waals surface area (Å²) in [6, 6.07) is 0. The zero-order valence-electron chi connectivity index (χ0n) is 10.6. The van der Waals surface area contributed by atoms with Gasteiger partial charge in [-0.2, -0.15) is 16.3 Å². The van der Waals surface area contributed by atoms with E-state index in [1.165, 1.54) is 5.56 Å². The summed E-state index contributed by atoms with van der Waals surface area (Å²) in [5, 5.41) is 8.20. The van der Waals surface area contributed by atoms with Crippen molar-refractivity contribution in [1.82, 2.24) is 10.1 Å². The number of ketones is 1. The van der Waals surface area contributed by atoms with Gasteiger partial charge in [-0.05, 0) is 36.6 Å². The Balaban J connectivity index is 1.66. The summed E-state index contributed by atoms with van der Waals surface area (Å²) >= 11 is 1.64. The number of nitrogens with zero attached hydrogens (tertiary/aromatic N) is 2. The largest absolute Gasteiger partial charge is 0.339 e. The van der Waals surface area contributed by atoms with Gasteiger partial charge in [-0.25, -0.2) is 0 Å². The third-order valence-corrected chi connectivity index (χ3v) is 5.28. The lowest BCUT2D eigenvalue weighted by Gasteiger charge is -2.16. The first kappa shape index (κ1) is 11.3. The average Bonchev–Trinajstić information content (AvgIpc) is 3.08. The van der Waals surface area contributed by atoms with E-state index in [-0.39, 0.29) is 11.8 Å². The number of thiophene rings is 1. The Hall–Kier alpha value is -1.49. The van der Waals surface area contributed by atoms with Gasteiger partial charge in [0.2, 0.25) is 11.7 Å². The van der Waals surface area contributed by atoms with E-state index in [1.54, 1.807) is 11.3 Å². The van der Waals surface area contributed by atoms with Crippen molar-refractivity contribution in [2.45, 2.75) is 32.1 Å². The van der Waals surface area contributed by atoms with Gasteiger partial charge in [-0.15, -0.1) is 0 Å². The molecule has 3 atom stereocenters. The van der Waals surface area contributed by atoms with Crippen LogP contribution in [0, 0.1) is 18.8 Å². The molecule has 2 aromatic rings. The van der Waals surface area contributed by atoms with E-state index < -0.39 is 0 Å². The molecule has 4 rings (SSSR count). The molecule has 2 heterocycles. The van der Waals surface area contributed by atoms with Crippen LogP contribution in [0.1, 0.15) is 36.6 Å². The standard InChI is InChI=1S/C14H14N2O2S/c1-7-5-19-6-11(7)13-15-14(18-16-13)10-3-8-2-9(10)12(17)4-8/h5-6,8-10H,2-4H2,1H3/t8-,9+,10?/m0/s1. The van der Waals surface area contributed by atoms with E-state index in [9.17, 15) is 4.79 Å². The first-order valence-corrected chi connectivity index (χ1v) is 7.56. The van der Waals surface area contributed by atoms with Gasteiger partial charge >= 0.3 is 0 Å². The highest BCUT2D eigenvalue weighted by Gasteiger charge is 2.48. The molecule has 0 N–H and O–H groups in total. The number of hydrogen-bond acceptors (Lipinski definition) is 5. The highest BCUT2D eigenvalue weighted by molar-refractivity contribution is 7.08. The molecule has 2 fully saturated rings. The molecule has 2 aromatic heterocycles. The first-order chi connectivity index (χ1) is 9.22. The smallest absolute Gasteiger partial charge is 0.230 e. The zero-order valence-corrected chi connectivity index (χ0v) is 11.4. The zero-order chi connectivity index (χ0) is 13.0. The normalized spacial score (nSPS) is 29.3. The van der Waals surface area contributed by atoms with Crippen LogP contribution in [0.2, 0.25) is 0 Å². The lowest BCUT2D eigenvalue weighted by atomic mass is 9.88. The van der Waals surface area contributed by atoms with Gasteiger partial charge in [0.1, 0.15) is 5.78 Å². The molecule has 0 aromatic carbocycles. The molecular weight excluding hydrogens is 260 g/mol. The van der Waals surface area contributed by atoms with Crippen molar-refractivity contribution in [3.05, 3.63) is 22.2 Å². The molecule has 2 aliphatic rings. The number of aromatic nitrogens is 2. The number of hydrogen-bond donors (Lipinski definition) is 0. The molecule has 5 heteroatoms. The van der Waals surface area contributed by atoms with E-state index in [0.717, 1.165) is 24.8 Å². The van der Waals surface area contributed by atoms with Gasteiger partial charge in [0.25, 0.3) is 0 Å². The molecule has 2 bridgehead atoms. The van der Waals surface area contributed by atoms with Crippen LogP contribution in [0.25, 0.3) is 11.4 Å². The summed E-state index contributed by atoms with van der Waals surface area (Å²) in [5.41, 5.74) is 2.20. The number of Topliss-reactive ketones (excluding diaryl/α,β-unsaturated/α-hetero) is 1. The first-order valence-electron chi connectivity index (χ1n) is 6.62. The fourth-order valence-electron chi connectivity index (χ4n) is 3.46. The molecule has 0 spiro atoms. The maximum Gasteiger partial charge on any atom is 0.230 e. The SMILES string of the molecule is Cc1cscc1-c1noc(C2C[C@H]3CC(=O)[C@@H]2C3)n1. The molecular formula is C14H14N2O2S. The van der Waals surface area contributed by atoms with Crippen LogP contribution in [0.15, 0.2) is 15.3 Å². The van der Waals surface area contributed by atoms with Crippen molar-refractivity contribution in [3.63, 3.8) is 0 Å². The van der Waals surface area contributed by atoms with E-state index in [0.29, 0.717) is 23.4 Å². The van der Waals surface area contributed by atoms with Crippen molar-refractivity contribution in [2.24, 2.45) is 11.8 Å². The van der Waals surface area contributed by atoms with Crippen LogP contribution in [-0.2, 0) is 4.79 Å². The van der Waals surface area contributed by atoms with Crippen LogP contribution in [0.4, 0.5) is 0 Å². The number of carbonyl (C=O) groups is 1. The minimum absolute atomic E-state index is 0.127. The third-order valence-electron chi connectivity index (χ3n) is 4.42. The Morgan fingerprint density at radius 3 is 2.84 bits per heavy atom. The summed E-state index contributed by atoms with van der Waals surface area (Å²) < 4.78 is 5.42. The predicted molar refractivity (Wildman–Crippen MR) is 70.9 cm³/mol. The van der Waals surface area contributed by atoms with Crippen molar-refractivity contribution >= 4 is 17.1 Å². The second kappa shape index (κ2) is 4.00. The van der Waals surface area contributed by atoms with Gasteiger partial charge in [0, 0.05) is 29.2 Å². The minimum Gasteiger partial charge on any atom is -0.339 e. The van der Waals surface area contributed by atoms with Crippen molar-refractivity contribution in [3.8, 4) is 11.4 Å². The van der Waals surface area contributed by atoms with Gasteiger partial charge in [-0.1, -0.05) is 5.16 Å². The monoisotopic (exact) mass is 274 g/mol. The van der Waals surface area contributed by atoms with Crippen LogP contribution >= 0.6 is 11.3 Å². The van der Waals surface area contributed by atoms with Crippen LogP contribution in [0.3, 0.4) is 0 Å². The van der Waals surface area contributed by atoms with Crippen molar-refractivity contribution in [2.75, 3.05) is 0 Å². The highest BCUT2D eigenvalue weighted by atomic mass is 32.1. The van der Waals surface area contributed by atoms with E-state index in [1.807, 2.05) is 12.3 Å². The van der Waals surface area contributed by atoms with Crippen molar-refractivity contribution in [1.29, 1.82) is 0 Å². The number of aryl methyl sites for hydroxylation is 1. The molecule has 0 aliphatic heterocycles. The molecule has 0 amide bonds. The topological polar surface area (TPSA) is 56.0 Å². The lowest BCUT2D eigenvalue weighted by Crippen LogP contribution is -2.18. The lowest BCUT2D eigenvalue weighted by molar-refractivity contribution is -0.122. The average molecular weight is 274 g/mol. The molecule has 0 saturated heterocycles. The molecule has 4 nitrogen and oxygen atoms in total. The quantitative estimate of drug-likeness (QED) is 0.844. The molecule has 19 heavy (non-hydrogen) atoms. The van der Waals surface area contributed by atoms with E-state index in [4.69, 9.17) is 4.52 Å². The second-order valence-corrected chi connectivity index (χ2v) is 6.39. The van der Waals surface area contributed by atoms with Gasteiger partial charge in [0.15, 0.2) is 0 Å². The summed E-state index contributed by atoms with van der Waals surface area (Å²) in [5.74, 6) is 2.52. The fourth-order valence-corrected chi connectivity index (χ4v) is 4.29. The maximum absolute atomic E-state index is 11.8. The Kier molecular flexibility index (Phi) is 2.39. The Labute approximate surface area is 114 Å². The van der Waals surface area contributed by atoms with E-state index in [2.05, 4.69) is 15.5 Å². The minimum atomic E-state index is 0.127. The maximum atomic E-state index is 11.8. The highest BCUT2D eigenvalue weighted by Crippen LogP contribution is 2.50. The van der Waals surface area contributed by atoms with E-state index >= 15 is 0 Å². The summed E-state index contributed by atoms with van der Waals surface area (Å²) in [6.07, 6.45) is 2.80. The molecule has 2 saturated carbocycles. The third kappa shape index (κ3) is 1.68. The molecule has 1 unspecified atom stereocenters. The van der Waals surface area contributed by atoms with Gasteiger partial charge in [-0.3, -0.25) is 4.79 Å². The van der Waals surface area contributed by atoms with Crippen LogP contribution < -0.4 is 0 Å². The predicted octanol–water partition coefficient (Wildman–Crippen LogP) is 3.19. The Morgan fingerprint density at radius 1 is 1.32 bits per heavy atom. The fraction of sp³-hybridized carbons (Fsp3) is 0.500. The van der Waals surface area contributed by atoms with Crippen molar-refractivity contribution < 1.29 is 9.32 Å². The van der Waals surface area contributed by atoms with Crippen LogP contribution in [0.5, 0.6) is 0 Å². The number of rotatable bonds is 2. The Morgan fingerprint density at radius 2 is 2.16 bits per heavy atom. The number of fused-ring (bicyclic) bond motifs is 2. The molecule has 0 radical (unpaired) electrons. The van der Waals surface area contributed by atoms with Crippen LogP contribution in [-0.4, -0.2) is 15.9 Å². The molecule has 98 valence electrons. The number of carbonyl (C=O) groups excluding carboxylic acids is 1. The van der Waals surface area contributed by atoms with Gasteiger partial charge in [0.05, 0.1) is 0 Å². The summed E-state index contributed by atoms with van der Waals surface area (Å²) in [4.78, 5) is 16.3.